The quantitative estimate of drug-likeness (QED) is 0.695. The Morgan fingerprint density at radius 3 is 2.57 bits per heavy atom. The minimum absolute atomic E-state index is 0.304. The molecule has 0 aliphatic heterocycles. The van der Waals surface area contributed by atoms with Gasteiger partial charge in [-0.3, -0.25) is 4.79 Å². The maximum absolute atomic E-state index is 11.9. The van der Waals surface area contributed by atoms with Crippen LogP contribution in [-0.2, 0) is 0 Å². The molecule has 2 rings (SSSR count). The van der Waals surface area contributed by atoms with Crippen LogP contribution in [0.3, 0.4) is 0 Å². The summed E-state index contributed by atoms with van der Waals surface area (Å²) >= 11 is 5.99. The smallest absolute Gasteiger partial charge is 0.271 e. The molecule has 4 nitrogen and oxygen atoms in total. The number of ether oxygens (including phenoxy) is 1. The molecule has 21 heavy (non-hydrogen) atoms. The van der Waals surface area contributed by atoms with Crippen molar-refractivity contribution in [3.05, 3.63) is 64.2 Å². The first-order valence-corrected chi connectivity index (χ1v) is 6.71. The normalized spacial score (nSPS) is 10.6. The van der Waals surface area contributed by atoms with Crippen LogP contribution in [0.5, 0.6) is 5.75 Å². The zero-order valence-corrected chi connectivity index (χ0v) is 12.5. The minimum atomic E-state index is -0.304. The van der Waals surface area contributed by atoms with E-state index >= 15 is 0 Å². The van der Waals surface area contributed by atoms with Gasteiger partial charge in [0.2, 0.25) is 0 Å². The molecule has 5 heteroatoms. The Bertz CT molecular complexity index is 666. The summed E-state index contributed by atoms with van der Waals surface area (Å²) in [7, 11) is 1.61. The molecule has 0 bridgehead atoms. The van der Waals surface area contributed by atoms with Crippen LogP contribution in [0, 0.1) is 6.92 Å². The van der Waals surface area contributed by atoms with Gasteiger partial charge in [-0.15, -0.1) is 0 Å². The highest BCUT2D eigenvalue weighted by Gasteiger charge is 2.05. The highest BCUT2D eigenvalue weighted by molar-refractivity contribution is 6.31. The summed E-state index contributed by atoms with van der Waals surface area (Å²) in [5.41, 5.74) is 4.72. The molecule has 0 saturated carbocycles. The molecule has 1 amide bonds. The van der Waals surface area contributed by atoms with Gasteiger partial charge in [0.15, 0.2) is 0 Å². The molecule has 2 aromatic carbocycles. The van der Waals surface area contributed by atoms with Crippen LogP contribution in [0.25, 0.3) is 0 Å². The number of benzene rings is 2. The summed E-state index contributed by atoms with van der Waals surface area (Å²) in [6, 6.07) is 12.5. The summed E-state index contributed by atoms with van der Waals surface area (Å²) in [6.07, 6.45) is 1.56. The lowest BCUT2D eigenvalue weighted by Gasteiger charge is -2.02. The highest BCUT2D eigenvalue weighted by atomic mass is 35.5. The number of amides is 1. The monoisotopic (exact) mass is 302 g/mol. The van der Waals surface area contributed by atoms with Crippen molar-refractivity contribution in [2.24, 2.45) is 5.10 Å². The second kappa shape index (κ2) is 6.90. The fraction of sp³-hybridized carbons (Fsp3) is 0.125. The Morgan fingerprint density at radius 2 is 1.95 bits per heavy atom. The maximum Gasteiger partial charge on any atom is 0.271 e. The number of hydrogen-bond donors (Lipinski definition) is 1. The van der Waals surface area contributed by atoms with E-state index in [-0.39, 0.29) is 5.91 Å². The Labute approximate surface area is 128 Å². The number of halogens is 1. The number of methoxy groups -OCH3 is 1. The first-order chi connectivity index (χ1) is 10.1. The minimum Gasteiger partial charge on any atom is -0.497 e. The van der Waals surface area contributed by atoms with Crippen molar-refractivity contribution in [3.8, 4) is 5.75 Å². The largest absolute Gasteiger partial charge is 0.497 e. The zero-order chi connectivity index (χ0) is 15.2. The molecular weight excluding hydrogens is 288 g/mol. The second-order valence-electron chi connectivity index (χ2n) is 4.44. The van der Waals surface area contributed by atoms with Crippen LogP contribution in [-0.4, -0.2) is 19.2 Å². The summed E-state index contributed by atoms with van der Waals surface area (Å²) < 4.78 is 5.06. The molecule has 0 unspecified atom stereocenters. The van der Waals surface area contributed by atoms with Crippen LogP contribution >= 0.6 is 11.6 Å². The third-order valence-corrected chi connectivity index (χ3v) is 3.34. The molecule has 0 saturated heterocycles. The van der Waals surface area contributed by atoms with Crippen molar-refractivity contribution < 1.29 is 9.53 Å². The SMILES string of the molecule is COc1ccc(/C=N\NC(=O)c2ccc(C)c(Cl)c2)cc1. The molecule has 1 N–H and O–H groups in total. The van der Waals surface area contributed by atoms with Crippen LogP contribution in [0.15, 0.2) is 47.6 Å². The first-order valence-electron chi connectivity index (χ1n) is 6.34. The van der Waals surface area contributed by atoms with Gasteiger partial charge in [0.05, 0.1) is 13.3 Å². The molecular formula is C16H15ClN2O2. The van der Waals surface area contributed by atoms with Crippen LogP contribution < -0.4 is 10.2 Å². The first kappa shape index (κ1) is 15.1. The molecule has 0 spiro atoms. The van der Waals surface area contributed by atoms with E-state index < -0.39 is 0 Å². The zero-order valence-electron chi connectivity index (χ0n) is 11.8. The number of hydrogen-bond acceptors (Lipinski definition) is 3. The van der Waals surface area contributed by atoms with E-state index in [9.17, 15) is 4.79 Å². The van der Waals surface area contributed by atoms with Gasteiger partial charge in [0.1, 0.15) is 5.75 Å². The van der Waals surface area contributed by atoms with E-state index in [4.69, 9.17) is 16.3 Å². The van der Waals surface area contributed by atoms with Gasteiger partial charge < -0.3 is 4.74 Å². The van der Waals surface area contributed by atoms with E-state index in [1.165, 1.54) is 0 Å². The molecule has 0 radical (unpaired) electrons. The lowest BCUT2D eigenvalue weighted by atomic mass is 10.1. The third kappa shape index (κ3) is 4.07. The Balaban J connectivity index is 1.99. The molecule has 0 heterocycles. The number of carbonyl (C=O) groups excluding carboxylic acids is 1. The van der Waals surface area contributed by atoms with Crippen molar-refractivity contribution in [2.45, 2.75) is 6.92 Å². The predicted molar refractivity (Wildman–Crippen MR) is 84.2 cm³/mol. The van der Waals surface area contributed by atoms with Gasteiger partial charge in [-0.1, -0.05) is 17.7 Å². The second-order valence-corrected chi connectivity index (χ2v) is 4.84. The molecule has 0 aromatic heterocycles. The number of carbonyl (C=O) groups is 1. The molecule has 0 atom stereocenters. The van der Waals surface area contributed by atoms with Gasteiger partial charge in [-0.25, -0.2) is 5.43 Å². The summed E-state index contributed by atoms with van der Waals surface area (Å²) in [5, 5.41) is 4.47. The molecule has 2 aromatic rings. The number of aryl methyl sites for hydroxylation is 1. The molecule has 0 aliphatic carbocycles. The van der Waals surface area contributed by atoms with Gasteiger partial charge in [0, 0.05) is 10.6 Å². The Morgan fingerprint density at radius 1 is 1.24 bits per heavy atom. The summed E-state index contributed by atoms with van der Waals surface area (Å²) in [6.45, 7) is 1.88. The van der Waals surface area contributed by atoms with Crippen molar-refractivity contribution in [3.63, 3.8) is 0 Å². The third-order valence-electron chi connectivity index (χ3n) is 2.93. The van der Waals surface area contributed by atoms with E-state index in [1.54, 1.807) is 31.5 Å². The Hall–Kier alpha value is -2.33. The molecule has 0 aliphatic rings. The summed E-state index contributed by atoms with van der Waals surface area (Å²) in [4.78, 5) is 11.9. The fourth-order valence-electron chi connectivity index (χ4n) is 1.65. The standard InChI is InChI=1S/C16H15ClN2O2/c1-11-3-6-13(9-15(11)17)16(20)19-18-10-12-4-7-14(21-2)8-5-12/h3-10H,1-2H3,(H,19,20)/b18-10-. The summed E-state index contributed by atoms with van der Waals surface area (Å²) in [5.74, 6) is 0.465. The van der Waals surface area contributed by atoms with Crippen LogP contribution in [0.4, 0.5) is 0 Å². The fourth-order valence-corrected chi connectivity index (χ4v) is 1.83. The van der Waals surface area contributed by atoms with Crippen molar-refractivity contribution in [2.75, 3.05) is 7.11 Å². The number of rotatable bonds is 4. The number of nitrogens with one attached hydrogen (secondary N) is 1. The molecule has 108 valence electrons. The lowest BCUT2D eigenvalue weighted by molar-refractivity contribution is 0.0955. The number of hydrazone groups is 1. The highest BCUT2D eigenvalue weighted by Crippen LogP contribution is 2.16. The van der Waals surface area contributed by atoms with E-state index in [0.717, 1.165) is 16.9 Å². The van der Waals surface area contributed by atoms with Crippen molar-refractivity contribution in [1.82, 2.24) is 5.43 Å². The lowest BCUT2D eigenvalue weighted by Crippen LogP contribution is -2.17. The van der Waals surface area contributed by atoms with E-state index in [0.29, 0.717) is 10.6 Å². The average Bonchev–Trinajstić information content (AvgIpc) is 2.50. The van der Waals surface area contributed by atoms with E-state index in [2.05, 4.69) is 10.5 Å². The van der Waals surface area contributed by atoms with Crippen LogP contribution in [0.2, 0.25) is 5.02 Å². The Kier molecular flexibility index (Phi) is 4.95. The van der Waals surface area contributed by atoms with E-state index in [1.807, 2.05) is 31.2 Å². The predicted octanol–water partition coefficient (Wildman–Crippen LogP) is 3.42. The van der Waals surface area contributed by atoms with Gasteiger partial charge >= 0.3 is 0 Å². The number of nitrogens with zero attached hydrogens (tertiary/aromatic N) is 1. The topological polar surface area (TPSA) is 50.7 Å². The maximum atomic E-state index is 11.9. The average molecular weight is 303 g/mol. The van der Waals surface area contributed by atoms with Gasteiger partial charge in [-0.05, 0) is 54.4 Å². The molecule has 0 fully saturated rings. The van der Waals surface area contributed by atoms with Gasteiger partial charge in [0.25, 0.3) is 5.91 Å². The van der Waals surface area contributed by atoms with Crippen LogP contribution in [0.1, 0.15) is 21.5 Å². The van der Waals surface area contributed by atoms with Crippen molar-refractivity contribution in [1.29, 1.82) is 0 Å². The van der Waals surface area contributed by atoms with Gasteiger partial charge in [-0.2, -0.15) is 5.10 Å². The van der Waals surface area contributed by atoms with Crippen molar-refractivity contribution >= 4 is 23.7 Å².